The number of nitrogens with one attached hydrogen (secondary N) is 2. The van der Waals surface area contributed by atoms with E-state index >= 15 is 0 Å². The number of carbonyl (C=O) groups is 1. The molecule has 0 spiro atoms. The summed E-state index contributed by atoms with van der Waals surface area (Å²) in [5.74, 6) is 1.61. The lowest BCUT2D eigenvalue weighted by molar-refractivity contribution is -0.871. The van der Waals surface area contributed by atoms with Gasteiger partial charge in [0.2, 0.25) is 0 Å². The van der Waals surface area contributed by atoms with Crippen LogP contribution in [0, 0.1) is 13.8 Å². The molecule has 0 aliphatic rings. The molecule has 5 nitrogen and oxygen atoms in total. The van der Waals surface area contributed by atoms with Gasteiger partial charge in [-0.3, -0.25) is 4.79 Å². The maximum Gasteiger partial charge on any atom is 0.279 e. The Morgan fingerprint density at radius 1 is 1.08 bits per heavy atom. The van der Waals surface area contributed by atoms with Crippen molar-refractivity contribution in [2.24, 2.45) is 0 Å². The maximum atomic E-state index is 12.2. The van der Waals surface area contributed by atoms with Gasteiger partial charge in [-0.2, -0.15) is 0 Å². The van der Waals surface area contributed by atoms with E-state index in [9.17, 15) is 4.79 Å². The average Bonchev–Trinajstić information content (AvgIpc) is 2.59. The fourth-order valence-corrected chi connectivity index (χ4v) is 2.46. The highest BCUT2D eigenvalue weighted by Crippen LogP contribution is 2.18. The number of quaternary nitrogens is 1. The van der Waals surface area contributed by atoms with Crippen LogP contribution in [0.1, 0.15) is 11.1 Å². The molecule has 0 saturated carbocycles. The van der Waals surface area contributed by atoms with Gasteiger partial charge in [0.05, 0.1) is 14.2 Å². The second kappa shape index (κ2) is 9.08. The van der Waals surface area contributed by atoms with E-state index in [0.717, 1.165) is 34.2 Å². The Labute approximate surface area is 149 Å². The third-order valence-electron chi connectivity index (χ3n) is 4.20. The summed E-state index contributed by atoms with van der Waals surface area (Å²) in [6, 6.07) is 13.4. The fraction of sp³-hybridized carbons (Fsp3) is 0.350. The predicted octanol–water partition coefficient (Wildman–Crippen LogP) is 1.84. The molecule has 1 unspecified atom stereocenters. The van der Waals surface area contributed by atoms with E-state index in [2.05, 4.69) is 5.32 Å². The number of benzene rings is 2. The van der Waals surface area contributed by atoms with Gasteiger partial charge in [0.15, 0.2) is 6.54 Å². The van der Waals surface area contributed by atoms with Gasteiger partial charge in [-0.15, -0.1) is 0 Å². The van der Waals surface area contributed by atoms with Crippen molar-refractivity contribution in [2.75, 3.05) is 39.2 Å². The Morgan fingerprint density at radius 3 is 2.44 bits per heavy atom. The number of likely N-dealkylation sites (N-methyl/N-ethyl adjacent to an activating group) is 1. The van der Waals surface area contributed by atoms with E-state index in [1.807, 2.05) is 63.4 Å². The van der Waals surface area contributed by atoms with E-state index in [-0.39, 0.29) is 5.91 Å². The van der Waals surface area contributed by atoms with E-state index in [4.69, 9.17) is 9.47 Å². The number of hydrogen-bond donors (Lipinski definition) is 2. The van der Waals surface area contributed by atoms with Crippen LogP contribution in [-0.4, -0.2) is 39.8 Å². The summed E-state index contributed by atoms with van der Waals surface area (Å²) in [5, 5.41) is 2.99. The van der Waals surface area contributed by atoms with E-state index in [1.165, 1.54) is 5.56 Å². The highest BCUT2D eigenvalue weighted by molar-refractivity contribution is 5.92. The maximum absolute atomic E-state index is 12.2. The van der Waals surface area contributed by atoms with E-state index < -0.39 is 0 Å². The van der Waals surface area contributed by atoms with Gasteiger partial charge in [0, 0.05) is 5.69 Å². The Bertz CT molecular complexity index is 699. The molecule has 1 amide bonds. The molecule has 2 N–H and O–H groups in total. The monoisotopic (exact) mass is 343 g/mol. The number of carbonyl (C=O) groups excluding carboxylic acids is 1. The minimum atomic E-state index is 0.00986. The Morgan fingerprint density at radius 2 is 1.76 bits per heavy atom. The topological polar surface area (TPSA) is 52.0 Å². The Balaban J connectivity index is 1.74. The Kier molecular flexibility index (Phi) is 6.83. The van der Waals surface area contributed by atoms with Gasteiger partial charge in [0.1, 0.15) is 24.7 Å². The number of rotatable bonds is 8. The lowest BCUT2D eigenvalue weighted by Crippen LogP contribution is -3.10. The molecule has 25 heavy (non-hydrogen) atoms. The zero-order chi connectivity index (χ0) is 18.2. The lowest BCUT2D eigenvalue weighted by Gasteiger charge is -2.15. The Hall–Kier alpha value is -2.53. The van der Waals surface area contributed by atoms with Crippen molar-refractivity contribution >= 4 is 11.6 Å². The molecule has 2 aromatic carbocycles. The van der Waals surface area contributed by atoms with Crippen LogP contribution in [0.25, 0.3) is 0 Å². The summed E-state index contributed by atoms with van der Waals surface area (Å²) in [7, 11) is 3.62. The molecule has 5 heteroatoms. The third-order valence-corrected chi connectivity index (χ3v) is 4.20. The van der Waals surface area contributed by atoms with Crippen LogP contribution in [0.4, 0.5) is 5.69 Å². The number of aryl methyl sites for hydroxylation is 1. The summed E-state index contributed by atoms with van der Waals surface area (Å²) < 4.78 is 10.8. The molecule has 0 fully saturated rings. The number of anilines is 1. The third kappa shape index (κ3) is 5.80. The lowest BCUT2D eigenvalue weighted by atomic mass is 10.1. The molecule has 0 heterocycles. The zero-order valence-electron chi connectivity index (χ0n) is 15.4. The first kappa shape index (κ1) is 18.8. The largest absolute Gasteiger partial charge is 0.497 e. The molecule has 2 rings (SSSR count). The fourth-order valence-electron chi connectivity index (χ4n) is 2.46. The molecule has 0 saturated heterocycles. The zero-order valence-corrected chi connectivity index (χ0v) is 15.4. The van der Waals surface area contributed by atoms with Crippen molar-refractivity contribution in [3.05, 3.63) is 53.6 Å². The molecular weight excluding hydrogens is 316 g/mol. The van der Waals surface area contributed by atoms with Crippen LogP contribution in [0.5, 0.6) is 11.5 Å². The first-order valence-electron chi connectivity index (χ1n) is 8.44. The van der Waals surface area contributed by atoms with Gasteiger partial charge >= 0.3 is 0 Å². The molecule has 0 bridgehead atoms. The predicted molar refractivity (Wildman–Crippen MR) is 99.7 cm³/mol. The molecular formula is C20H27N2O3+. The minimum absolute atomic E-state index is 0.00986. The number of methoxy groups -OCH3 is 1. The van der Waals surface area contributed by atoms with Gasteiger partial charge in [-0.25, -0.2) is 0 Å². The molecule has 0 radical (unpaired) electrons. The smallest absolute Gasteiger partial charge is 0.279 e. The summed E-state index contributed by atoms with van der Waals surface area (Å²) in [5.41, 5.74) is 3.16. The summed E-state index contributed by atoms with van der Waals surface area (Å²) in [4.78, 5) is 13.3. The first-order valence-corrected chi connectivity index (χ1v) is 8.44. The number of hydrogen-bond acceptors (Lipinski definition) is 3. The van der Waals surface area contributed by atoms with E-state index in [1.54, 1.807) is 7.11 Å². The molecule has 0 aromatic heterocycles. The highest BCUT2D eigenvalue weighted by atomic mass is 16.5. The van der Waals surface area contributed by atoms with Crippen LogP contribution in [0.2, 0.25) is 0 Å². The summed E-state index contributed by atoms with van der Waals surface area (Å²) >= 11 is 0. The van der Waals surface area contributed by atoms with Crippen molar-refractivity contribution < 1.29 is 19.2 Å². The summed E-state index contributed by atoms with van der Waals surface area (Å²) in [6.45, 7) is 5.75. The molecule has 2 aromatic rings. The van der Waals surface area contributed by atoms with Crippen molar-refractivity contribution in [1.29, 1.82) is 0 Å². The van der Waals surface area contributed by atoms with Gasteiger partial charge < -0.3 is 19.7 Å². The normalized spacial score (nSPS) is 11.7. The van der Waals surface area contributed by atoms with Crippen LogP contribution in [-0.2, 0) is 4.79 Å². The molecule has 0 aliphatic carbocycles. The van der Waals surface area contributed by atoms with Crippen LogP contribution >= 0.6 is 0 Å². The molecule has 1 atom stereocenters. The standard InChI is InChI=1S/C20H26N2O3/c1-15-6-5-7-19(16(15)2)21-20(23)14-22(3)12-13-25-18-10-8-17(24-4)9-11-18/h5-11H,12-14H2,1-4H3,(H,21,23)/p+1. The quantitative estimate of drug-likeness (QED) is 0.769. The van der Waals surface area contributed by atoms with Gasteiger partial charge in [-0.1, -0.05) is 12.1 Å². The van der Waals surface area contributed by atoms with Crippen LogP contribution in [0.15, 0.2) is 42.5 Å². The first-order chi connectivity index (χ1) is 12.0. The van der Waals surface area contributed by atoms with Crippen LogP contribution < -0.4 is 19.7 Å². The van der Waals surface area contributed by atoms with Crippen molar-refractivity contribution in [2.45, 2.75) is 13.8 Å². The minimum Gasteiger partial charge on any atom is -0.497 e. The molecule has 0 aliphatic heterocycles. The second-order valence-electron chi connectivity index (χ2n) is 6.20. The molecule has 134 valence electrons. The average molecular weight is 343 g/mol. The van der Waals surface area contributed by atoms with Gasteiger partial charge in [0.25, 0.3) is 5.91 Å². The number of ether oxygens (including phenoxy) is 2. The highest BCUT2D eigenvalue weighted by Gasteiger charge is 2.12. The SMILES string of the molecule is COc1ccc(OCC[NH+](C)CC(=O)Nc2cccc(C)c2C)cc1. The van der Waals surface area contributed by atoms with Crippen LogP contribution in [0.3, 0.4) is 0 Å². The second-order valence-corrected chi connectivity index (χ2v) is 6.20. The van der Waals surface area contributed by atoms with Crippen molar-refractivity contribution in [3.63, 3.8) is 0 Å². The van der Waals surface area contributed by atoms with Crippen molar-refractivity contribution in [3.8, 4) is 11.5 Å². The number of amides is 1. The van der Waals surface area contributed by atoms with E-state index in [0.29, 0.717) is 13.2 Å². The van der Waals surface area contributed by atoms with Crippen molar-refractivity contribution in [1.82, 2.24) is 0 Å². The summed E-state index contributed by atoms with van der Waals surface area (Å²) in [6.07, 6.45) is 0. The van der Waals surface area contributed by atoms with Gasteiger partial charge in [-0.05, 0) is 55.3 Å².